The lowest BCUT2D eigenvalue weighted by Crippen LogP contribution is -2.52. The minimum absolute atomic E-state index is 0.0644. The number of hydrogen-bond donors (Lipinski definition) is 1. The number of aliphatic hydroxyl groups is 1. The summed E-state index contributed by atoms with van der Waals surface area (Å²) in [6, 6.07) is 5.70. The van der Waals surface area contributed by atoms with Crippen molar-refractivity contribution in [2.75, 3.05) is 31.6 Å². The molecule has 0 atom stereocenters. The first-order valence-corrected chi connectivity index (χ1v) is 15.1. The van der Waals surface area contributed by atoms with Crippen molar-refractivity contribution in [1.82, 2.24) is 24.8 Å². The molecule has 1 N–H and O–H groups in total. The molecule has 0 spiro atoms. The molecule has 1 saturated carbocycles. The van der Waals surface area contributed by atoms with E-state index in [1.165, 1.54) is 30.1 Å². The van der Waals surface area contributed by atoms with Gasteiger partial charge < -0.3 is 29.3 Å². The molecule has 228 valence electrons. The lowest BCUT2D eigenvalue weighted by molar-refractivity contribution is -0.00469. The first kappa shape index (κ1) is 29.3. The van der Waals surface area contributed by atoms with E-state index in [0.29, 0.717) is 37.5 Å². The summed E-state index contributed by atoms with van der Waals surface area (Å²) in [5.74, 6) is 1.30. The second-order valence-electron chi connectivity index (χ2n) is 12.1. The molecule has 0 radical (unpaired) electrons. The summed E-state index contributed by atoms with van der Waals surface area (Å²) in [6.45, 7) is 7.07. The molecule has 2 aromatic heterocycles. The number of likely N-dealkylation sites (N-methyl/N-ethyl adjacent to an activating group) is 1. The minimum Gasteiger partial charge on any atom is -0.490 e. The van der Waals surface area contributed by atoms with Crippen LogP contribution in [0.3, 0.4) is 0 Å². The Balaban J connectivity index is 1.17. The van der Waals surface area contributed by atoms with Gasteiger partial charge in [-0.05, 0) is 58.0 Å². The number of aliphatic hydroxyl groups excluding tert-OH is 1. The van der Waals surface area contributed by atoms with Crippen molar-refractivity contribution in [2.45, 2.75) is 76.8 Å². The van der Waals surface area contributed by atoms with Crippen LogP contribution in [0, 0.1) is 5.82 Å². The van der Waals surface area contributed by atoms with Crippen LogP contribution in [-0.2, 0) is 13.0 Å². The Hall–Kier alpha value is -3.83. The Morgan fingerprint density at radius 3 is 2.63 bits per heavy atom. The highest BCUT2D eigenvalue weighted by Crippen LogP contribution is 2.36. The van der Waals surface area contributed by atoms with Gasteiger partial charge in [0.1, 0.15) is 29.7 Å². The fourth-order valence-corrected chi connectivity index (χ4v) is 6.27. The summed E-state index contributed by atoms with van der Waals surface area (Å²) in [5.41, 5.74) is 2.43. The maximum atomic E-state index is 14.4. The van der Waals surface area contributed by atoms with Gasteiger partial charge in [-0.25, -0.2) is 14.4 Å². The number of ether oxygens (including phenoxy) is 2. The van der Waals surface area contributed by atoms with Crippen LogP contribution in [-0.4, -0.2) is 86.7 Å². The van der Waals surface area contributed by atoms with Crippen LogP contribution >= 0.6 is 0 Å². The molecule has 1 aliphatic carbocycles. The molecule has 3 aromatic rings. The van der Waals surface area contributed by atoms with Crippen LogP contribution in [0.2, 0.25) is 0 Å². The average molecular weight is 591 g/mol. The van der Waals surface area contributed by atoms with Crippen molar-refractivity contribution in [2.24, 2.45) is 0 Å². The summed E-state index contributed by atoms with van der Waals surface area (Å²) < 4.78 is 27.2. The predicted molar refractivity (Wildman–Crippen MR) is 159 cm³/mol. The van der Waals surface area contributed by atoms with Crippen molar-refractivity contribution >= 4 is 11.7 Å². The third-order valence-corrected chi connectivity index (χ3v) is 8.62. The van der Waals surface area contributed by atoms with E-state index in [2.05, 4.69) is 31.8 Å². The van der Waals surface area contributed by atoms with E-state index in [1.807, 2.05) is 26.1 Å². The van der Waals surface area contributed by atoms with Crippen LogP contribution in [0.15, 0.2) is 43.0 Å². The van der Waals surface area contributed by atoms with Gasteiger partial charge in [-0.3, -0.25) is 9.78 Å². The first-order valence-electron chi connectivity index (χ1n) is 15.1. The standard InChI is InChI=1S/C32H39FN6O4/c1-20(2)39(22-15-23(40)16-22)32(41)25-14-21(33)4-5-28(25)43-30-17-34-19-36-31(30)38-12-7-24(8-13-38)42-29-6-10-35-27-9-11-37(3)18-26(27)29/h4-6,10,14,17,19-20,22-24,40H,7-9,11-13,15-16,18H2,1-3H3. The molecule has 43 heavy (non-hydrogen) atoms. The molecule has 10 nitrogen and oxygen atoms in total. The zero-order valence-electron chi connectivity index (χ0n) is 24.9. The largest absolute Gasteiger partial charge is 0.490 e. The number of rotatable bonds is 8. The number of carbonyl (C=O) groups excluding carboxylic acids is 1. The maximum Gasteiger partial charge on any atom is 0.258 e. The molecule has 11 heteroatoms. The number of hydrogen-bond acceptors (Lipinski definition) is 9. The minimum atomic E-state index is -0.526. The van der Waals surface area contributed by atoms with Crippen LogP contribution in [0.1, 0.15) is 61.1 Å². The summed E-state index contributed by atoms with van der Waals surface area (Å²) in [5, 5.41) is 9.84. The van der Waals surface area contributed by atoms with Gasteiger partial charge in [-0.2, -0.15) is 0 Å². The van der Waals surface area contributed by atoms with E-state index in [0.717, 1.165) is 43.8 Å². The zero-order chi connectivity index (χ0) is 30.1. The third kappa shape index (κ3) is 6.28. The molecule has 2 aliphatic heterocycles. The fourth-order valence-electron chi connectivity index (χ4n) is 6.27. The number of halogens is 1. The Kier molecular flexibility index (Phi) is 8.45. The molecule has 2 fully saturated rings. The number of anilines is 1. The number of piperidine rings is 1. The second-order valence-corrected chi connectivity index (χ2v) is 12.1. The van der Waals surface area contributed by atoms with Gasteiger partial charge in [0, 0.05) is 75.0 Å². The van der Waals surface area contributed by atoms with E-state index < -0.39 is 11.9 Å². The quantitative estimate of drug-likeness (QED) is 0.413. The number of pyridine rings is 1. The lowest BCUT2D eigenvalue weighted by Gasteiger charge is -2.43. The van der Waals surface area contributed by atoms with Gasteiger partial charge in [0.15, 0.2) is 11.6 Å². The number of carbonyl (C=O) groups is 1. The van der Waals surface area contributed by atoms with Crippen LogP contribution in [0.5, 0.6) is 17.2 Å². The Morgan fingerprint density at radius 1 is 1.09 bits per heavy atom. The van der Waals surface area contributed by atoms with E-state index in [4.69, 9.17) is 9.47 Å². The molecule has 3 aliphatic rings. The predicted octanol–water partition coefficient (Wildman–Crippen LogP) is 4.21. The van der Waals surface area contributed by atoms with Crippen molar-refractivity contribution in [3.8, 4) is 17.2 Å². The monoisotopic (exact) mass is 590 g/mol. The van der Waals surface area contributed by atoms with Gasteiger partial charge in [-0.15, -0.1) is 0 Å². The lowest BCUT2D eigenvalue weighted by atomic mass is 9.87. The fraction of sp³-hybridized carbons (Fsp3) is 0.500. The van der Waals surface area contributed by atoms with Crippen molar-refractivity contribution in [3.63, 3.8) is 0 Å². The smallest absolute Gasteiger partial charge is 0.258 e. The summed E-state index contributed by atoms with van der Waals surface area (Å²) in [7, 11) is 2.12. The topological polar surface area (TPSA) is 104 Å². The number of nitrogens with zero attached hydrogens (tertiary/aromatic N) is 6. The van der Waals surface area contributed by atoms with Crippen molar-refractivity contribution in [3.05, 3.63) is 65.6 Å². The Morgan fingerprint density at radius 2 is 1.88 bits per heavy atom. The number of amides is 1. The molecular formula is C32H39FN6O4. The van der Waals surface area contributed by atoms with E-state index in [-0.39, 0.29) is 35.4 Å². The van der Waals surface area contributed by atoms with E-state index in [9.17, 15) is 14.3 Å². The number of fused-ring (bicyclic) bond motifs is 1. The zero-order valence-corrected chi connectivity index (χ0v) is 24.9. The van der Waals surface area contributed by atoms with Gasteiger partial charge in [-0.1, -0.05) is 0 Å². The average Bonchev–Trinajstić information content (AvgIpc) is 2.98. The molecular weight excluding hydrogens is 551 g/mol. The van der Waals surface area contributed by atoms with Crippen LogP contribution < -0.4 is 14.4 Å². The summed E-state index contributed by atoms with van der Waals surface area (Å²) >= 11 is 0. The Bertz CT molecular complexity index is 1460. The van der Waals surface area contributed by atoms with E-state index >= 15 is 0 Å². The summed E-state index contributed by atoms with van der Waals surface area (Å²) in [4.78, 5) is 33.1. The Labute approximate surface area is 251 Å². The van der Waals surface area contributed by atoms with Gasteiger partial charge in [0.25, 0.3) is 5.91 Å². The molecule has 1 aromatic carbocycles. The van der Waals surface area contributed by atoms with Gasteiger partial charge >= 0.3 is 0 Å². The first-order chi connectivity index (χ1) is 20.8. The SMILES string of the molecule is CC(C)N(C(=O)c1cc(F)ccc1Oc1cncnc1N1CCC(Oc2ccnc3c2CN(C)CC3)CC1)C1CC(O)C1. The normalized spacial score (nSPS) is 20.8. The van der Waals surface area contributed by atoms with Crippen LogP contribution in [0.4, 0.5) is 10.2 Å². The van der Waals surface area contributed by atoms with Crippen molar-refractivity contribution < 1.29 is 23.8 Å². The second kappa shape index (κ2) is 12.4. The highest BCUT2D eigenvalue weighted by molar-refractivity contribution is 5.97. The highest BCUT2D eigenvalue weighted by Gasteiger charge is 2.38. The van der Waals surface area contributed by atoms with Crippen molar-refractivity contribution in [1.29, 1.82) is 0 Å². The number of aromatic nitrogens is 3. The van der Waals surface area contributed by atoms with Crippen LogP contribution in [0.25, 0.3) is 0 Å². The number of benzene rings is 1. The van der Waals surface area contributed by atoms with E-state index in [1.54, 1.807) is 11.1 Å². The molecule has 6 rings (SSSR count). The maximum absolute atomic E-state index is 14.4. The highest BCUT2D eigenvalue weighted by atomic mass is 19.1. The van der Waals surface area contributed by atoms with Gasteiger partial charge in [0.05, 0.1) is 17.9 Å². The molecule has 0 bridgehead atoms. The molecule has 0 unspecified atom stereocenters. The molecule has 4 heterocycles. The molecule has 1 saturated heterocycles. The third-order valence-electron chi connectivity index (χ3n) is 8.62. The summed E-state index contributed by atoms with van der Waals surface area (Å²) in [6.07, 6.45) is 8.07. The molecule has 1 amide bonds. The van der Waals surface area contributed by atoms with Gasteiger partial charge in [0.2, 0.25) is 0 Å².